The molecule has 0 saturated carbocycles. The van der Waals surface area contributed by atoms with Crippen LogP contribution in [0.4, 0.5) is 0 Å². The van der Waals surface area contributed by atoms with Gasteiger partial charge in [-0.3, -0.25) is 4.90 Å². The third-order valence-corrected chi connectivity index (χ3v) is 6.02. The van der Waals surface area contributed by atoms with Crippen molar-refractivity contribution in [1.82, 2.24) is 14.5 Å². The second-order valence-corrected chi connectivity index (χ2v) is 8.52. The van der Waals surface area contributed by atoms with Crippen molar-refractivity contribution in [2.24, 2.45) is 10.7 Å². The molecule has 1 aromatic rings. The van der Waals surface area contributed by atoms with Gasteiger partial charge in [-0.15, -0.1) is 24.0 Å². The smallest absolute Gasteiger partial charge is 0.242 e. The van der Waals surface area contributed by atoms with Crippen LogP contribution in [-0.4, -0.2) is 77.1 Å². The number of guanidine groups is 1. The van der Waals surface area contributed by atoms with Crippen LogP contribution in [0.3, 0.4) is 0 Å². The van der Waals surface area contributed by atoms with Crippen LogP contribution in [0.5, 0.6) is 0 Å². The molecule has 0 atom stereocenters. The molecule has 1 heterocycles. The maximum Gasteiger partial charge on any atom is 0.242 e. The van der Waals surface area contributed by atoms with Gasteiger partial charge in [-0.1, -0.05) is 12.1 Å². The van der Waals surface area contributed by atoms with E-state index in [9.17, 15) is 8.42 Å². The fourth-order valence-corrected chi connectivity index (χ4v) is 3.46. The molecule has 2 rings (SSSR count). The maximum atomic E-state index is 12.0. The molecule has 1 aliphatic heterocycles. The van der Waals surface area contributed by atoms with Gasteiger partial charge in [-0.2, -0.15) is 0 Å². The number of nitrogens with two attached hydrogens (primary N) is 1. The van der Waals surface area contributed by atoms with E-state index in [1.54, 1.807) is 24.3 Å². The molecule has 1 aromatic carbocycles. The summed E-state index contributed by atoms with van der Waals surface area (Å²) in [5, 5.41) is 3.11. The van der Waals surface area contributed by atoms with Crippen LogP contribution in [-0.2, 0) is 21.3 Å². The van der Waals surface area contributed by atoms with Crippen molar-refractivity contribution in [2.45, 2.75) is 17.9 Å². The third kappa shape index (κ3) is 7.90. The molecule has 1 saturated heterocycles. The SMILES string of the molecule is CN(C)S(=O)(=O)c1ccc(CN=C(N)NCCCN2CCOCC2)cc1.I. The Morgan fingerprint density at radius 1 is 1.26 bits per heavy atom. The molecule has 0 aromatic heterocycles. The zero-order chi connectivity index (χ0) is 19.0. The minimum Gasteiger partial charge on any atom is -0.379 e. The number of ether oxygens (including phenoxy) is 1. The van der Waals surface area contributed by atoms with E-state index in [1.807, 2.05) is 0 Å². The molecule has 1 aliphatic rings. The molecule has 0 bridgehead atoms. The lowest BCUT2D eigenvalue weighted by molar-refractivity contribution is 0.0376. The Morgan fingerprint density at radius 2 is 1.89 bits per heavy atom. The first kappa shape index (κ1) is 24.1. The summed E-state index contributed by atoms with van der Waals surface area (Å²) in [5.74, 6) is 0.400. The monoisotopic (exact) mass is 511 g/mol. The zero-order valence-corrected chi connectivity index (χ0v) is 19.1. The lowest BCUT2D eigenvalue weighted by atomic mass is 10.2. The number of hydrogen-bond donors (Lipinski definition) is 2. The van der Waals surface area contributed by atoms with Crippen molar-refractivity contribution in [2.75, 3.05) is 53.5 Å². The van der Waals surface area contributed by atoms with Crippen molar-refractivity contribution >= 4 is 40.0 Å². The Kier molecular flexibility index (Phi) is 10.5. The van der Waals surface area contributed by atoms with Gasteiger partial charge >= 0.3 is 0 Å². The molecular formula is C17H30IN5O3S. The summed E-state index contributed by atoms with van der Waals surface area (Å²) in [5.41, 5.74) is 6.79. The normalized spacial score (nSPS) is 16.2. The van der Waals surface area contributed by atoms with Crippen LogP contribution in [0, 0.1) is 0 Å². The van der Waals surface area contributed by atoms with Crippen LogP contribution in [0.25, 0.3) is 0 Å². The largest absolute Gasteiger partial charge is 0.379 e. The maximum absolute atomic E-state index is 12.0. The first-order chi connectivity index (χ1) is 12.4. The Labute approximate surface area is 179 Å². The number of nitrogens with one attached hydrogen (secondary N) is 1. The molecule has 3 N–H and O–H groups in total. The van der Waals surface area contributed by atoms with Crippen molar-refractivity contribution in [1.29, 1.82) is 0 Å². The van der Waals surface area contributed by atoms with E-state index in [1.165, 1.54) is 18.4 Å². The van der Waals surface area contributed by atoms with Crippen LogP contribution in [0.15, 0.2) is 34.2 Å². The quantitative estimate of drug-likeness (QED) is 0.231. The minimum atomic E-state index is -3.40. The molecule has 8 nitrogen and oxygen atoms in total. The number of halogens is 1. The highest BCUT2D eigenvalue weighted by atomic mass is 127. The molecule has 1 fully saturated rings. The molecule has 0 unspecified atom stereocenters. The lowest BCUT2D eigenvalue weighted by Crippen LogP contribution is -2.39. The third-order valence-electron chi connectivity index (χ3n) is 4.19. The minimum absolute atomic E-state index is 0. The average molecular weight is 511 g/mol. The lowest BCUT2D eigenvalue weighted by Gasteiger charge is -2.26. The van der Waals surface area contributed by atoms with Gasteiger partial charge in [0.25, 0.3) is 0 Å². The van der Waals surface area contributed by atoms with Gasteiger partial charge in [-0.05, 0) is 30.7 Å². The van der Waals surface area contributed by atoms with Crippen molar-refractivity contribution in [3.8, 4) is 0 Å². The van der Waals surface area contributed by atoms with Crippen molar-refractivity contribution < 1.29 is 13.2 Å². The first-order valence-electron chi connectivity index (χ1n) is 8.75. The number of nitrogens with zero attached hydrogens (tertiary/aromatic N) is 3. The molecule has 0 amide bonds. The number of rotatable bonds is 8. The van der Waals surface area contributed by atoms with Crippen LogP contribution < -0.4 is 11.1 Å². The number of hydrogen-bond acceptors (Lipinski definition) is 5. The highest BCUT2D eigenvalue weighted by molar-refractivity contribution is 14.0. The Morgan fingerprint density at radius 3 is 2.48 bits per heavy atom. The van der Waals surface area contributed by atoms with E-state index in [4.69, 9.17) is 10.5 Å². The summed E-state index contributed by atoms with van der Waals surface area (Å²) in [4.78, 5) is 6.94. The number of benzene rings is 1. The summed E-state index contributed by atoms with van der Waals surface area (Å²) in [6.07, 6.45) is 0.993. The topological polar surface area (TPSA) is 100 Å². The fraction of sp³-hybridized carbons (Fsp3) is 0.588. The first-order valence-corrected chi connectivity index (χ1v) is 10.2. The molecular weight excluding hydrogens is 481 g/mol. The molecule has 0 aliphatic carbocycles. The van der Waals surface area contributed by atoms with Crippen molar-refractivity contribution in [3.63, 3.8) is 0 Å². The van der Waals surface area contributed by atoms with E-state index < -0.39 is 10.0 Å². The summed E-state index contributed by atoms with van der Waals surface area (Å²) in [6.45, 7) is 5.80. The zero-order valence-electron chi connectivity index (χ0n) is 15.9. The number of aliphatic imine (C=N–C) groups is 1. The van der Waals surface area contributed by atoms with E-state index >= 15 is 0 Å². The predicted octanol–water partition coefficient (Wildman–Crippen LogP) is 0.682. The average Bonchev–Trinajstić information content (AvgIpc) is 2.64. The highest BCUT2D eigenvalue weighted by Gasteiger charge is 2.16. The molecule has 10 heteroatoms. The van der Waals surface area contributed by atoms with Crippen molar-refractivity contribution in [3.05, 3.63) is 29.8 Å². The Balaban J connectivity index is 0.00000364. The van der Waals surface area contributed by atoms with Gasteiger partial charge in [0.2, 0.25) is 10.0 Å². The van der Waals surface area contributed by atoms with E-state index in [-0.39, 0.29) is 28.9 Å². The standard InChI is InChI=1S/C17H29N5O3S.HI/c1-21(2)26(23,24)16-6-4-15(5-7-16)14-20-17(18)19-8-3-9-22-10-12-25-13-11-22;/h4-7H,3,8-14H2,1-2H3,(H3,18,19,20);1H. The molecule has 27 heavy (non-hydrogen) atoms. The van der Waals surface area contributed by atoms with Gasteiger partial charge in [0, 0.05) is 33.7 Å². The fourth-order valence-electron chi connectivity index (χ4n) is 2.55. The van der Waals surface area contributed by atoms with Crippen LogP contribution in [0.1, 0.15) is 12.0 Å². The van der Waals surface area contributed by atoms with Crippen LogP contribution >= 0.6 is 24.0 Å². The van der Waals surface area contributed by atoms with Gasteiger partial charge in [0.1, 0.15) is 0 Å². The van der Waals surface area contributed by atoms with Crippen LogP contribution in [0.2, 0.25) is 0 Å². The summed E-state index contributed by atoms with van der Waals surface area (Å²) < 4.78 is 30.6. The van der Waals surface area contributed by atoms with Gasteiger partial charge in [0.05, 0.1) is 24.7 Å². The summed E-state index contributed by atoms with van der Waals surface area (Å²) in [6, 6.07) is 6.69. The van der Waals surface area contributed by atoms with E-state index in [0.717, 1.165) is 51.4 Å². The Bertz CT molecular complexity index is 689. The number of morpholine rings is 1. The summed E-state index contributed by atoms with van der Waals surface area (Å²) in [7, 11) is -0.375. The van der Waals surface area contributed by atoms with E-state index in [0.29, 0.717) is 12.5 Å². The van der Waals surface area contributed by atoms with E-state index in [2.05, 4.69) is 15.2 Å². The van der Waals surface area contributed by atoms with Gasteiger partial charge < -0.3 is 15.8 Å². The second kappa shape index (κ2) is 11.8. The molecule has 0 radical (unpaired) electrons. The highest BCUT2D eigenvalue weighted by Crippen LogP contribution is 2.14. The predicted molar refractivity (Wildman–Crippen MR) is 118 cm³/mol. The van der Waals surface area contributed by atoms with Gasteiger partial charge in [0.15, 0.2) is 5.96 Å². The molecule has 0 spiro atoms. The Hall–Kier alpha value is -0.950. The number of sulfonamides is 1. The second-order valence-electron chi connectivity index (χ2n) is 6.37. The summed E-state index contributed by atoms with van der Waals surface area (Å²) >= 11 is 0. The van der Waals surface area contributed by atoms with Gasteiger partial charge in [-0.25, -0.2) is 17.7 Å². The molecule has 154 valence electrons.